The summed E-state index contributed by atoms with van der Waals surface area (Å²) < 4.78 is 1.66. The van der Waals surface area contributed by atoms with Crippen molar-refractivity contribution in [3.8, 4) is 16.3 Å². The number of nitrogens with zero attached hydrogens (tertiary/aromatic N) is 2. The third-order valence-electron chi connectivity index (χ3n) is 3.80. The van der Waals surface area contributed by atoms with Gasteiger partial charge in [-0.15, -0.1) is 11.3 Å². The lowest BCUT2D eigenvalue weighted by molar-refractivity contribution is 0.101. The summed E-state index contributed by atoms with van der Waals surface area (Å²) in [6.45, 7) is 0. The van der Waals surface area contributed by atoms with Gasteiger partial charge < -0.3 is 5.32 Å². The molecule has 0 aliphatic heterocycles. The number of amides is 1. The molecular weight excluding hydrogens is 366 g/mol. The average molecular weight is 380 g/mol. The number of aromatic nitrogens is 2. The molecule has 2 heterocycles. The van der Waals surface area contributed by atoms with E-state index in [1.807, 2.05) is 47.8 Å². The molecule has 128 valence electrons. The zero-order valence-electron chi connectivity index (χ0n) is 13.6. The molecule has 0 atom stereocenters. The molecule has 2 aromatic carbocycles. The summed E-state index contributed by atoms with van der Waals surface area (Å²) in [7, 11) is 0. The third kappa shape index (κ3) is 3.40. The van der Waals surface area contributed by atoms with Gasteiger partial charge in [0, 0.05) is 10.7 Å². The Hall–Kier alpha value is -2.89. The quantitative estimate of drug-likeness (QED) is 0.508. The van der Waals surface area contributed by atoms with Crippen LogP contribution in [0.25, 0.3) is 16.3 Å². The lowest BCUT2D eigenvalue weighted by Gasteiger charge is -2.08. The molecule has 6 heteroatoms. The number of hydrogen-bond acceptors (Lipinski definition) is 3. The van der Waals surface area contributed by atoms with E-state index in [1.165, 1.54) is 0 Å². The highest BCUT2D eigenvalue weighted by molar-refractivity contribution is 7.13. The van der Waals surface area contributed by atoms with Crippen molar-refractivity contribution in [2.75, 3.05) is 5.32 Å². The molecule has 0 bridgehead atoms. The molecule has 0 radical (unpaired) electrons. The molecule has 0 aliphatic rings. The summed E-state index contributed by atoms with van der Waals surface area (Å²) in [6, 6.07) is 22.4. The van der Waals surface area contributed by atoms with Gasteiger partial charge in [-0.3, -0.25) is 4.79 Å². The number of carbonyl (C=O) groups excluding carboxylic acids is 1. The number of carbonyl (C=O) groups is 1. The number of anilines is 1. The number of halogens is 1. The Morgan fingerprint density at radius 2 is 1.85 bits per heavy atom. The SMILES string of the molecule is O=C(Nc1cccc(Cl)c1)c1cc(-c2cccs2)nn1-c1ccccc1. The molecule has 0 unspecified atom stereocenters. The van der Waals surface area contributed by atoms with Gasteiger partial charge in [0.15, 0.2) is 0 Å². The molecule has 4 aromatic rings. The third-order valence-corrected chi connectivity index (χ3v) is 4.93. The first-order valence-corrected chi connectivity index (χ1v) is 9.23. The molecule has 0 aliphatic carbocycles. The molecule has 1 N–H and O–H groups in total. The Balaban J connectivity index is 1.75. The first kappa shape index (κ1) is 16.6. The highest BCUT2D eigenvalue weighted by atomic mass is 35.5. The topological polar surface area (TPSA) is 46.9 Å². The van der Waals surface area contributed by atoms with Crippen molar-refractivity contribution in [1.82, 2.24) is 9.78 Å². The van der Waals surface area contributed by atoms with Crippen LogP contribution in [0.3, 0.4) is 0 Å². The van der Waals surface area contributed by atoms with E-state index in [2.05, 4.69) is 10.4 Å². The fraction of sp³-hybridized carbons (Fsp3) is 0. The molecule has 4 rings (SSSR count). The van der Waals surface area contributed by atoms with Crippen LogP contribution in [0.5, 0.6) is 0 Å². The van der Waals surface area contributed by atoms with E-state index >= 15 is 0 Å². The van der Waals surface area contributed by atoms with Crippen molar-refractivity contribution in [2.45, 2.75) is 0 Å². The van der Waals surface area contributed by atoms with E-state index in [-0.39, 0.29) is 5.91 Å². The van der Waals surface area contributed by atoms with Crippen LogP contribution in [0.2, 0.25) is 5.02 Å². The largest absolute Gasteiger partial charge is 0.321 e. The number of hydrogen-bond donors (Lipinski definition) is 1. The normalized spacial score (nSPS) is 10.7. The second-order valence-corrected chi connectivity index (χ2v) is 6.99. The zero-order valence-corrected chi connectivity index (χ0v) is 15.2. The molecule has 4 nitrogen and oxygen atoms in total. The van der Waals surface area contributed by atoms with Gasteiger partial charge in [0.1, 0.15) is 11.4 Å². The van der Waals surface area contributed by atoms with Crippen molar-refractivity contribution in [3.05, 3.63) is 88.9 Å². The lowest BCUT2D eigenvalue weighted by Crippen LogP contribution is -2.16. The molecule has 2 aromatic heterocycles. The van der Waals surface area contributed by atoms with Crippen LogP contribution in [0.15, 0.2) is 78.2 Å². The summed E-state index contributed by atoms with van der Waals surface area (Å²) in [5.74, 6) is -0.244. The Morgan fingerprint density at radius 1 is 1.00 bits per heavy atom. The molecular formula is C20H14ClN3OS. The smallest absolute Gasteiger partial charge is 0.274 e. The lowest BCUT2D eigenvalue weighted by atomic mass is 10.2. The number of benzene rings is 2. The second-order valence-electron chi connectivity index (χ2n) is 5.60. The Labute approximate surface area is 159 Å². The maximum absolute atomic E-state index is 12.9. The number of nitrogens with one attached hydrogen (secondary N) is 1. The minimum absolute atomic E-state index is 0.244. The van der Waals surface area contributed by atoms with Gasteiger partial charge in [-0.25, -0.2) is 4.68 Å². The van der Waals surface area contributed by atoms with Crippen LogP contribution >= 0.6 is 22.9 Å². The molecule has 1 amide bonds. The zero-order chi connectivity index (χ0) is 17.9. The summed E-state index contributed by atoms with van der Waals surface area (Å²) in [6.07, 6.45) is 0. The number of rotatable bonds is 4. The summed E-state index contributed by atoms with van der Waals surface area (Å²) in [4.78, 5) is 13.9. The Bertz CT molecular complexity index is 1040. The minimum Gasteiger partial charge on any atom is -0.321 e. The molecule has 0 saturated heterocycles. The van der Waals surface area contributed by atoms with Crippen molar-refractivity contribution >= 4 is 34.5 Å². The number of para-hydroxylation sites is 1. The maximum Gasteiger partial charge on any atom is 0.274 e. The Kier molecular flexibility index (Phi) is 4.56. The molecule has 0 saturated carbocycles. The first-order chi connectivity index (χ1) is 12.7. The summed E-state index contributed by atoms with van der Waals surface area (Å²) >= 11 is 7.59. The van der Waals surface area contributed by atoms with Gasteiger partial charge in [0.25, 0.3) is 5.91 Å². The Morgan fingerprint density at radius 3 is 2.58 bits per heavy atom. The summed E-state index contributed by atoms with van der Waals surface area (Å²) in [5, 5.41) is 10.1. The maximum atomic E-state index is 12.9. The van der Waals surface area contributed by atoms with E-state index in [9.17, 15) is 4.79 Å². The monoisotopic (exact) mass is 379 g/mol. The number of thiophene rings is 1. The van der Waals surface area contributed by atoms with Gasteiger partial charge in [-0.05, 0) is 47.8 Å². The van der Waals surface area contributed by atoms with Crippen LogP contribution in [-0.4, -0.2) is 15.7 Å². The van der Waals surface area contributed by atoms with Gasteiger partial charge in [0.05, 0.1) is 10.6 Å². The van der Waals surface area contributed by atoms with Crippen molar-refractivity contribution < 1.29 is 4.79 Å². The van der Waals surface area contributed by atoms with Gasteiger partial charge in [-0.2, -0.15) is 5.10 Å². The van der Waals surface area contributed by atoms with Gasteiger partial charge in [-0.1, -0.05) is 41.9 Å². The fourth-order valence-electron chi connectivity index (χ4n) is 2.61. The highest BCUT2D eigenvalue weighted by Gasteiger charge is 2.18. The van der Waals surface area contributed by atoms with E-state index in [0.29, 0.717) is 16.4 Å². The highest BCUT2D eigenvalue weighted by Crippen LogP contribution is 2.26. The minimum atomic E-state index is -0.244. The van der Waals surface area contributed by atoms with Crippen LogP contribution in [0.4, 0.5) is 5.69 Å². The standard InChI is InChI=1S/C20H14ClN3OS/c21-14-6-4-7-15(12-14)22-20(25)18-13-17(19-10-5-11-26-19)23-24(18)16-8-2-1-3-9-16/h1-13H,(H,22,25). The average Bonchev–Trinajstić information content (AvgIpc) is 3.32. The molecule has 26 heavy (non-hydrogen) atoms. The van der Waals surface area contributed by atoms with Crippen LogP contribution in [0, 0.1) is 0 Å². The first-order valence-electron chi connectivity index (χ1n) is 7.97. The second kappa shape index (κ2) is 7.15. The predicted octanol–water partition coefficient (Wildman–Crippen LogP) is 5.51. The summed E-state index contributed by atoms with van der Waals surface area (Å²) in [5.41, 5.74) is 2.69. The van der Waals surface area contributed by atoms with E-state index in [4.69, 9.17) is 11.6 Å². The predicted molar refractivity (Wildman–Crippen MR) is 106 cm³/mol. The van der Waals surface area contributed by atoms with Gasteiger partial charge in [0.2, 0.25) is 0 Å². The van der Waals surface area contributed by atoms with Crippen molar-refractivity contribution in [1.29, 1.82) is 0 Å². The van der Waals surface area contributed by atoms with Crippen LogP contribution < -0.4 is 5.32 Å². The molecule has 0 fully saturated rings. The van der Waals surface area contributed by atoms with E-state index < -0.39 is 0 Å². The van der Waals surface area contributed by atoms with Gasteiger partial charge >= 0.3 is 0 Å². The van der Waals surface area contributed by atoms with Crippen molar-refractivity contribution in [3.63, 3.8) is 0 Å². The fourth-order valence-corrected chi connectivity index (χ4v) is 3.49. The molecule has 0 spiro atoms. The van der Waals surface area contributed by atoms with E-state index in [1.54, 1.807) is 46.4 Å². The van der Waals surface area contributed by atoms with Crippen molar-refractivity contribution in [2.24, 2.45) is 0 Å². The van der Waals surface area contributed by atoms with Crippen LogP contribution in [0.1, 0.15) is 10.5 Å². The van der Waals surface area contributed by atoms with E-state index in [0.717, 1.165) is 16.3 Å². The van der Waals surface area contributed by atoms with Crippen LogP contribution in [-0.2, 0) is 0 Å².